The third kappa shape index (κ3) is 3.20. The zero-order chi connectivity index (χ0) is 14.7. The molecule has 3 rings (SSSR count). The highest BCUT2D eigenvalue weighted by Gasteiger charge is 2.03. The lowest BCUT2D eigenvalue weighted by molar-refractivity contribution is 0.475. The molecule has 0 aliphatic heterocycles. The number of phenolic OH excluding ortho intramolecular Hbond substituents is 1. The van der Waals surface area contributed by atoms with Crippen LogP contribution in [-0.2, 0) is 13.0 Å². The van der Waals surface area contributed by atoms with Crippen molar-refractivity contribution < 1.29 is 5.11 Å². The summed E-state index contributed by atoms with van der Waals surface area (Å²) in [5.41, 5.74) is 3.57. The van der Waals surface area contributed by atoms with E-state index in [0.717, 1.165) is 25.1 Å². The van der Waals surface area contributed by atoms with E-state index in [1.807, 2.05) is 12.1 Å². The van der Waals surface area contributed by atoms with Crippen LogP contribution >= 0.6 is 11.6 Å². The first-order valence-electron chi connectivity index (χ1n) is 6.97. The number of benzene rings is 2. The van der Waals surface area contributed by atoms with Crippen molar-refractivity contribution in [2.24, 2.45) is 0 Å². The van der Waals surface area contributed by atoms with Gasteiger partial charge in [-0.15, -0.1) is 0 Å². The molecular weight excluding hydrogens is 284 g/mol. The molecule has 0 atom stereocenters. The van der Waals surface area contributed by atoms with E-state index < -0.39 is 0 Å². The average Bonchev–Trinajstić information content (AvgIpc) is 2.91. The summed E-state index contributed by atoms with van der Waals surface area (Å²) in [6.45, 7) is 1.63. The number of halogens is 1. The molecule has 0 amide bonds. The molecule has 0 fully saturated rings. The standard InChI is InChI=1S/C17H17ClN2O/c18-15-9-12(5-6-17(15)21)10-19-8-7-13-11-20-16-4-2-1-3-14(13)16/h1-6,9,11,19-21H,7-8,10H2. The molecule has 0 aliphatic carbocycles. The average molecular weight is 301 g/mol. The topological polar surface area (TPSA) is 48.0 Å². The molecule has 4 heteroatoms. The molecule has 2 aromatic carbocycles. The second kappa shape index (κ2) is 6.20. The van der Waals surface area contributed by atoms with Gasteiger partial charge in [-0.1, -0.05) is 35.9 Å². The Kier molecular flexibility index (Phi) is 4.13. The third-order valence-corrected chi connectivity index (χ3v) is 3.89. The first-order valence-corrected chi connectivity index (χ1v) is 7.35. The van der Waals surface area contributed by atoms with Crippen LogP contribution in [0.3, 0.4) is 0 Å². The van der Waals surface area contributed by atoms with Crippen LogP contribution in [0.1, 0.15) is 11.1 Å². The third-order valence-electron chi connectivity index (χ3n) is 3.59. The van der Waals surface area contributed by atoms with Crippen molar-refractivity contribution in [1.29, 1.82) is 0 Å². The van der Waals surface area contributed by atoms with Crippen LogP contribution in [0.25, 0.3) is 10.9 Å². The summed E-state index contributed by atoms with van der Waals surface area (Å²) in [5.74, 6) is 0.124. The van der Waals surface area contributed by atoms with Gasteiger partial charge in [-0.05, 0) is 42.3 Å². The molecule has 0 bridgehead atoms. The van der Waals surface area contributed by atoms with Gasteiger partial charge in [0.15, 0.2) is 0 Å². The highest BCUT2D eigenvalue weighted by Crippen LogP contribution is 2.23. The fraction of sp³-hybridized carbons (Fsp3) is 0.176. The summed E-state index contributed by atoms with van der Waals surface area (Å²) in [5, 5.41) is 14.5. The Morgan fingerprint density at radius 2 is 2.00 bits per heavy atom. The molecule has 108 valence electrons. The first kappa shape index (κ1) is 14.0. The van der Waals surface area contributed by atoms with Gasteiger partial charge in [-0.3, -0.25) is 0 Å². The van der Waals surface area contributed by atoms with Crippen LogP contribution in [0.5, 0.6) is 5.75 Å². The van der Waals surface area contributed by atoms with Crippen molar-refractivity contribution in [3.8, 4) is 5.75 Å². The number of aromatic hydroxyl groups is 1. The van der Waals surface area contributed by atoms with Gasteiger partial charge in [0.2, 0.25) is 0 Å². The van der Waals surface area contributed by atoms with Crippen LogP contribution in [0, 0.1) is 0 Å². The minimum absolute atomic E-state index is 0.124. The summed E-state index contributed by atoms with van der Waals surface area (Å²) >= 11 is 5.89. The van der Waals surface area contributed by atoms with E-state index in [1.165, 1.54) is 16.5 Å². The Morgan fingerprint density at radius 1 is 1.14 bits per heavy atom. The van der Waals surface area contributed by atoms with Crippen molar-refractivity contribution in [1.82, 2.24) is 10.3 Å². The van der Waals surface area contributed by atoms with Crippen LogP contribution in [0.4, 0.5) is 0 Å². The Hall–Kier alpha value is -1.97. The van der Waals surface area contributed by atoms with Gasteiger partial charge in [0.05, 0.1) is 5.02 Å². The van der Waals surface area contributed by atoms with Crippen LogP contribution in [0.15, 0.2) is 48.7 Å². The van der Waals surface area contributed by atoms with E-state index in [1.54, 1.807) is 12.1 Å². The smallest absolute Gasteiger partial charge is 0.134 e. The van der Waals surface area contributed by atoms with E-state index in [-0.39, 0.29) is 5.75 Å². The maximum Gasteiger partial charge on any atom is 0.134 e. The molecule has 21 heavy (non-hydrogen) atoms. The Bertz CT molecular complexity index is 751. The predicted octanol–water partition coefficient (Wildman–Crippen LogP) is 3.86. The van der Waals surface area contributed by atoms with E-state index in [0.29, 0.717) is 5.02 Å². The number of fused-ring (bicyclic) bond motifs is 1. The Labute approximate surface area is 128 Å². The summed E-state index contributed by atoms with van der Waals surface area (Å²) < 4.78 is 0. The summed E-state index contributed by atoms with van der Waals surface area (Å²) in [7, 11) is 0. The summed E-state index contributed by atoms with van der Waals surface area (Å²) in [6.07, 6.45) is 3.04. The molecule has 0 saturated carbocycles. The molecule has 0 spiro atoms. The van der Waals surface area contributed by atoms with Gasteiger partial charge in [-0.2, -0.15) is 0 Å². The van der Waals surface area contributed by atoms with Crippen LogP contribution in [0.2, 0.25) is 5.02 Å². The number of para-hydroxylation sites is 1. The number of rotatable bonds is 5. The SMILES string of the molecule is Oc1ccc(CNCCc2c[nH]c3ccccc23)cc1Cl. The normalized spacial score (nSPS) is 11.1. The lowest BCUT2D eigenvalue weighted by atomic mass is 10.1. The molecule has 0 saturated heterocycles. The number of phenols is 1. The van der Waals surface area contributed by atoms with Gasteiger partial charge in [-0.25, -0.2) is 0 Å². The predicted molar refractivity (Wildman–Crippen MR) is 86.8 cm³/mol. The van der Waals surface area contributed by atoms with Gasteiger partial charge >= 0.3 is 0 Å². The number of hydrogen-bond acceptors (Lipinski definition) is 2. The van der Waals surface area contributed by atoms with Crippen molar-refractivity contribution in [2.45, 2.75) is 13.0 Å². The fourth-order valence-corrected chi connectivity index (χ4v) is 2.66. The Balaban J connectivity index is 1.55. The quantitative estimate of drug-likeness (QED) is 0.627. The minimum atomic E-state index is 0.124. The molecule has 3 nitrogen and oxygen atoms in total. The molecule has 3 aromatic rings. The molecule has 1 aromatic heterocycles. The summed E-state index contributed by atoms with van der Waals surface area (Å²) in [4.78, 5) is 3.29. The van der Waals surface area contributed by atoms with Crippen molar-refractivity contribution in [2.75, 3.05) is 6.54 Å². The van der Waals surface area contributed by atoms with E-state index in [2.05, 4.69) is 34.7 Å². The van der Waals surface area contributed by atoms with Gasteiger partial charge < -0.3 is 15.4 Å². The highest BCUT2D eigenvalue weighted by molar-refractivity contribution is 6.32. The van der Waals surface area contributed by atoms with E-state index in [9.17, 15) is 5.11 Å². The van der Waals surface area contributed by atoms with Gasteiger partial charge in [0, 0.05) is 23.6 Å². The van der Waals surface area contributed by atoms with Crippen molar-refractivity contribution in [3.63, 3.8) is 0 Å². The van der Waals surface area contributed by atoms with Crippen molar-refractivity contribution in [3.05, 3.63) is 64.8 Å². The minimum Gasteiger partial charge on any atom is -0.506 e. The highest BCUT2D eigenvalue weighted by atomic mass is 35.5. The molecular formula is C17H17ClN2O. The van der Waals surface area contributed by atoms with E-state index in [4.69, 9.17) is 11.6 Å². The van der Waals surface area contributed by atoms with Gasteiger partial charge in [0.1, 0.15) is 5.75 Å². The molecule has 3 N–H and O–H groups in total. The number of nitrogens with one attached hydrogen (secondary N) is 2. The second-order valence-electron chi connectivity index (χ2n) is 5.07. The van der Waals surface area contributed by atoms with Crippen LogP contribution in [-0.4, -0.2) is 16.6 Å². The monoisotopic (exact) mass is 300 g/mol. The maximum atomic E-state index is 9.39. The fourth-order valence-electron chi connectivity index (χ4n) is 2.45. The van der Waals surface area contributed by atoms with Gasteiger partial charge in [0.25, 0.3) is 0 Å². The Morgan fingerprint density at radius 3 is 2.86 bits per heavy atom. The lowest BCUT2D eigenvalue weighted by Crippen LogP contribution is -2.16. The van der Waals surface area contributed by atoms with E-state index >= 15 is 0 Å². The zero-order valence-electron chi connectivity index (χ0n) is 11.6. The largest absolute Gasteiger partial charge is 0.506 e. The second-order valence-corrected chi connectivity index (χ2v) is 5.48. The molecule has 1 heterocycles. The molecule has 0 aliphatic rings. The number of aromatic nitrogens is 1. The first-order chi connectivity index (χ1) is 10.2. The van der Waals surface area contributed by atoms with Crippen LogP contribution < -0.4 is 5.32 Å². The van der Waals surface area contributed by atoms with Crippen molar-refractivity contribution >= 4 is 22.5 Å². The zero-order valence-corrected chi connectivity index (χ0v) is 12.3. The molecule has 0 radical (unpaired) electrons. The lowest BCUT2D eigenvalue weighted by Gasteiger charge is -2.06. The number of aromatic amines is 1. The summed E-state index contributed by atoms with van der Waals surface area (Å²) in [6, 6.07) is 13.6. The number of hydrogen-bond donors (Lipinski definition) is 3. The number of H-pyrrole nitrogens is 1. The maximum absolute atomic E-state index is 9.39. The molecule has 0 unspecified atom stereocenters.